The van der Waals surface area contributed by atoms with E-state index in [1.54, 1.807) is 0 Å². The number of hydrogen-bond donors (Lipinski definition) is 1. The van der Waals surface area contributed by atoms with Gasteiger partial charge >= 0.3 is 0 Å². The number of rotatable bonds is 2. The van der Waals surface area contributed by atoms with Gasteiger partial charge in [-0.2, -0.15) is 0 Å². The van der Waals surface area contributed by atoms with Crippen LogP contribution < -0.4 is 10.6 Å². The standard InChI is InChI=1S/C17H19N5O/c1-11-8-12(2-3-14(11)22-4-6-23-7-5-22)16-15-13(9-19-16)20-10-21-17(15)18/h2-3,8,10H,4-7,9H2,1H3,(H2,18,20,21). The molecule has 0 amide bonds. The quantitative estimate of drug-likeness (QED) is 0.911. The van der Waals surface area contributed by atoms with Crippen LogP contribution in [0.25, 0.3) is 0 Å². The summed E-state index contributed by atoms with van der Waals surface area (Å²) in [5, 5.41) is 0. The topological polar surface area (TPSA) is 76.6 Å². The molecule has 0 radical (unpaired) electrons. The molecule has 3 heterocycles. The number of ether oxygens (including phenoxy) is 1. The third-order valence-electron chi connectivity index (χ3n) is 4.40. The Hall–Kier alpha value is -2.47. The van der Waals surface area contributed by atoms with Crippen molar-refractivity contribution >= 4 is 17.2 Å². The molecule has 0 aliphatic carbocycles. The van der Waals surface area contributed by atoms with E-state index in [-0.39, 0.29) is 0 Å². The lowest BCUT2D eigenvalue weighted by Crippen LogP contribution is -2.36. The van der Waals surface area contributed by atoms with Crippen LogP contribution in [-0.4, -0.2) is 42.0 Å². The minimum Gasteiger partial charge on any atom is -0.383 e. The predicted molar refractivity (Wildman–Crippen MR) is 90.0 cm³/mol. The number of nitrogens with zero attached hydrogens (tertiary/aromatic N) is 4. The molecule has 0 unspecified atom stereocenters. The highest BCUT2D eigenvalue weighted by Gasteiger charge is 2.23. The molecule has 0 atom stereocenters. The number of benzene rings is 1. The summed E-state index contributed by atoms with van der Waals surface area (Å²) in [6.07, 6.45) is 1.50. The zero-order valence-electron chi connectivity index (χ0n) is 13.1. The van der Waals surface area contributed by atoms with Crippen LogP contribution in [0.5, 0.6) is 0 Å². The first-order chi connectivity index (χ1) is 11.2. The van der Waals surface area contributed by atoms with E-state index in [4.69, 9.17) is 10.5 Å². The zero-order valence-corrected chi connectivity index (χ0v) is 13.1. The summed E-state index contributed by atoms with van der Waals surface area (Å²) >= 11 is 0. The number of hydrogen-bond acceptors (Lipinski definition) is 6. The Kier molecular flexibility index (Phi) is 3.46. The fourth-order valence-corrected chi connectivity index (χ4v) is 3.25. The third-order valence-corrected chi connectivity index (χ3v) is 4.40. The van der Waals surface area contributed by atoms with E-state index in [1.807, 2.05) is 0 Å². The maximum atomic E-state index is 6.03. The van der Waals surface area contributed by atoms with E-state index in [9.17, 15) is 0 Å². The molecule has 1 aromatic carbocycles. The minimum absolute atomic E-state index is 0.501. The van der Waals surface area contributed by atoms with Gasteiger partial charge in [0.25, 0.3) is 0 Å². The SMILES string of the molecule is Cc1cc(C2=NCc3ncnc(N)c32)ccc1N1CCOCC1. The van der Waals surface area contributed by atoms with Gasteiger partial charge in [0.15, 0.2) is 0 Å². The zero-order chi connectivity index (χ0) is 15.8. The lowest BCUT2D eigenvalue weighted by Gasteiger charge is -2.30. The largest absolute Gasteiger partial charge is 0.383 e. The van der Waals surface area contributed by atoms with Crippen molar-refractivity contribution in [1.29, 1.82) is 0 Å². The molecule has 4 rings (SSSR count). The first-order valence-electron chi connectivity index (χ1n) is 7.82. The van der Waals surface area contributed by atoms with Crippen LogP contribution in [0.2, 0.25) is 0 Å². The van der Waals surface area contributed by atoms with Gasteiger partial charge in [-0.15, -0.1) is 0 Å². The Morgan fingerprint density at radius 3 is 2.78 bits per heavy atom. The second-order valence-electron chi connectivity index (χ2n) is 5.85. The highest BCUT2D eigenvalue weighted by atomic mass is 16.5. The van der Waals surface area contributed by atoms with Crippen molar-refractivity contribution in [3.8, 4) is 0 Å². The van der Waals surface area contributed by atoms with Crippen LogP contribution in [0.4, 0.5) is 11.5 Å². The molecule has 2 aliphatic heterocycles. The Morgan fingerprint density at radius 1 is 1.17 bits per heavy atom. The Bertz CT molecular complexity index is 781. The molecule has 0 spiro atoms. The molecule has 0 saturated carbocycles. The van der Waals surface area contributed by atoms with Crippen molar-refractivity contribution in [3.63, 3.8) is 0 Å². The average Bonchev–Trinajstić information content (AvgIpc) is 3.01. The van der Waals surface area contributed by atoms with Crippen molar-refractivity contribution in [1.82, 2.24) is 9.97 Å². The van der Waals surface area contributed by atoms with Gasteiger partial charge in [-0.25, -0.2) is 9.97 Å². The molecule has 1 aromatic heterocycles. The van der Waals surface area contributed by atoms with Crippen molar-refractivity contribution in [2.45, 2.75) is 13.5 Å². The summed E-state index contributed by atoms with van der Waals surface area (Å²) in [4.78, 5) is 15.4. The van der Waals surface area contributed by atoms with Gasteiger partial charge < -0.3 is 15.4 Å². The number of aromatic nitrogens is 2. The molecule has 2 aliphatic rings. The van der Waals surface area contributed by atoms with E-state index in [2.05, 4.69) is 45.0 Å². The number of nitrogens with two attached hydrogens (primary N) is 1. The van der Waals surface area contributed by atoms with Gasteiger partial charge in [-0.05, 0) is 24.6 Å². The molecule has 1 fully saturated rings. The van der Waals surface area contributed by atoms with E-state index in [0.717, 1.165) is 48.8 Å². The lowest BCUT2D eigenvalue weighted by atomic mass is 10.00. The molecule has 6 nitrogen and oxygen atoms in total. The summed E-state index contributed by atoms with van der Waals surface area (Å²) in [7, 11) is 0. The highest BCUT2D eigenvalue weighted by molar-refractivity contribution is 6.17. The first kappa shape index (κ1) is 14.1. The van der Waals surface area contributed by atoms with Crippen molar-refractivity contribution in [3.05, 3.63) is 46.9 Å². The minimum atomic E-state index is 0.501. The van der Waals surface area contributed by atoms with E-state index in [0.29, 0.717) is 12.4 Å². The fourth-order valence-electron chi connectivity index (χ4n) is 3.25. The van der Waals surface area contributed by atoms with Gasteiger partial charge in [0, 0.05) is 24.3 Å². The smallest absolute Gasteiger partial charge is 0.136 e. The molecular weight excluding hydrogens is 290 g/mol. The van der Waals surface area contributed by atoms with Gasteiger partial charge in [0.2, 0.25) is 0 Å². The van der Waals surface area contributed by atoms with Crippen LogP contribution in [0.1, 0.15) is 22.4 Å². The first-order valence-corrected chi connectivity index (χ1v) is 7.82. The Morgan fingerprint density at radius 2 is 2.00 bits per heavy atom. The summed E-state index contributed by atoms with van der Waals surface area (Å²) < 4.78 is 5.43. The predicted octanol–water partition coefficient (Wildman–Crippen LogP) is 1.55. The fraction of sp³-hybridized carbons (Fsp3) is 0.353. The van der Waals surface area contributed by atoms with Crippen LogP contribution in [0, 0.1) is 6.92 Å². The maximum absolute atomic E-state index is 6.03. The molecule has 118 valence electrons. The number of aliphatic imine (C=N–C) groups is 1. The second-order valence-corrected chi connectivity index (χ2v) is 5.85. The Labute approximate surface area is 135 Å². The number of morpholine rings is 1. The molecule has 1 saturated heterocycles. The molecule has 6 heteroatoms. The summed E-state index contributed by atoms with van der Waals surface area (Å²) in [5.41, 5.74) is 12.3. The van der Waals surface area contributed by atoms with Crippen LogP contribution in [0.15, 0.2) is 29.5 Å². The van der Waals surface area contributed by atoms with Crippen molar-refractivity contribution in [2.75, 3.05) is 36.9 Å². The molecular formula is C17H19N5O. The van der Waals surface area contributed by atoms with Gasteiger partial charge in [0.05, 0.1) is 36.7 Å². The number of anilines is 2. The van der Waals surface area contributed by atoms with Crippen LogP contribution in [0.3, 0.4) is 0 Å². The number of aryl methyl sites for hydroxylation is 1. The monoisotopic (exact) mass is 309 g/mol. The second kappa shape index (κ2) is 5.62. The van der Waals surface area contributed by atoms with Crippen LogP contribution in [-0.2, 0) is 11.3 Å². The highest BCUT2D eigenvalue weighted by Crippen LogP contribution is 2.28. The van der Waals surface area contributed by atoms with Crippen molar-refractivity contribution in [2.24, 2.45) is 4.99 Å². The third kappa shape index (κ3) is 2.45. The molecule has 23 heavy (non-hydrogen) atoms. The number of fused-ring (bicyclic) bond motifs is 1. The summed E-state index contributed by atoms with van der Waals surface area (Å²) in [6, 6.07) is 6.44. The lowest BCUT2D eigenvalue weighted by molar-refractivity contribution is 0.122. The van der Waals surface area contributed by atoms with Gasteiger partial charge in [-0.3, -0.25) is 4.99 Å². The summed E-state index contributed by atoms with van der Waals surface area (Å²) in [5.74, 6) is 0.501. The molecule has 2 aromatic rings. The number of nitrogen functional groups attached to an aromatic ring is 1. The van der Waals surface area contributed by atoms with Crippen molar-refractivity contribution < 1.29 is 4.74 Å². The van der Waals surface area contributed by atoms with E-state index < -0.39 is 0 Å². The van der Waals surface area contributed by atoms with Gasteiger partial charge in [0.1, 0.15) is 12.1 Å². The van der Waals surface area contributed by atoms with E-state index in [1.165, 1.54) is 17.6 Å². The normalized spacial score (nSPS) is 17.1. The summed E-state index contributed by atoms with van der Waals surface area (Å²) in [6.45, 7) is 6.15. The van der Waals surface area contributed by atoms with Gasteiger partial charge in [-0.1, -0.05) is 6.07 Å². The van der Waals surface area contributed by atoms with E-state index >= 15 is 0 Å². The molecule has 2 N–H and O–H groups in total. The van der Waals surface area contributed by atoms with Crippen LogP contribution >= 0.6 is 0 Å². The Balaban J connectivity index is 1.69. The molecule has 0 bridgehead atoms. The maximum Gasteiger partial charge on any atom is 0.136 e. The average molecular weight is 309 g/mol.